The Hall–Kier alpha value is -3.10. The van der Waals surface area contributed by atoms with Gasteiger partial charge in [-0.3, -0.25) is 9.59 Å². The fraction of sp³-hybridized carbons (Fsp3) is 0.429. The number of rotatable bonds is 6. The molecular formula is C35H33ClFNO6S2. The summed E-state index contributed by atoms with van der Waals surface area (Å²) in [6, 6.07) is 13.5. The van der Waals surface area contributed by atoms with Crippen molar-refractivity contribution in [1.82, 2.24) is 0 Å². The molecule has 3 saturated carbocycles. The van der Waals surface area contributed by atoms with Gasteiger partial charge in [-0.25, -0.2) is 9.18 Å². The molecule has 0 bridgehead atoms. The van der Waals surface area contributed by atoms with Gasteiger partial charge in [0.15, 0.2) is 17.1 Å². The number of hydrogen-bond donors (Lipinski definition) is 2. The van der Waals surface area contributed by atoms with Crippen molar-refractivity contribution in [3.63, 3.8) is 0 Å². The Morgan fingerprint density at radius 2 is 1.85 bits per heavy atom. The van der Waals surface area contributed by atoms with Crippen LogP contribution in [-0.4, -0.2) is 50.2 Å². The van der Waals surface area contributed by atoms with Crippen molar-refractivity contribution in [1.29, 1.82) is 5.26 Å². The Morgan fingerprint density at radius 3 is 2.54 bits per heavy atom. The van der Waals surface area contributed by atoms with Crippen LogP contribution in [0.15, 0.2) is 76.1 Å². The van der Waals surface area contributed by atoms with Crippen LogP contribution in [0, 0.1) is 34.0 Å². The van der Waals surface area contributed by atoms with E-state index in [1.54, 1.807) is 62.4 Å². The monoisotopic (exact) mass is 681 g/mol. The molecule has 0 aliphatic heterocycles. The number of ketones is 1. The van der Waals surface area contributed by atoms with Gasteiger partial charge in [0.1, 0.15) is 5.75 Å². The Kier molecular flexibility index (Phi) is 8.46. The molecular weight excluding hydrogens is 649 g/mol. The second-order valence-electron chi connectivity index (χ2n) is 13.0. The number of fused-ring (bicyclic) bond motifs is 5. The van der Waals surface area contributed by atoms with Crippen molar-refractivity contribution >= 4 is 52.0 Å². The standard InChI is InChI=1S/C35H33ClFNO6S2/c1-32-13-11-22(39)17-21(32)5-9-26-25-12-14-34(31(43)45-16-15-38,33(25,2)19-29(41)35(26,32)37)44-30(42)20-3-6-23(7-4-20)46-24-8-10-27(36)28(40)18-24/h3-4,6-8,10-11,13,17-18,25-26,29,40-41H,5,9,12,14,16,19H2,1-2H3. The number of thioether (sulfide) groups is 1. The van der Waals surface area contributed by atoms with Crippen molar-refractivity contribution in [3.8, 4) is 11.8 Å². The second kappa shape index (κ2) is 11.9. The van der Waals surface area contributed by atoms with Crippen LogP contribution in [-0.2, 0) is 14.3 Å². The molecule has 0 spiro atoms. The first-order valence-corrected chi connectivity index (χ1v) is 17.3. The Morgan fingerprint density at radius 1 is 1.13 bits per heavy atom. The smallest absolute Gasteiger partial charge is 0.339 e. The van der Waals surface area contributed by atoms with E-state index in [-0.39, 0.29) is 40.7 Å². The van der Waals surface area contributed by atoms with E-state index in [4.69, 9.17) is 16.3 Å². The van der Waals surface area contributed by atoms with E-state index in [0.29, 0.717) is 24.8 Å². The molecule has 7 nitrogen and oxygen atoms in total. The molecule has 0 radical (unpaired) electrons. The number of aromatic hydroxyl groups is 1. The van der Waals surface area contributed by atoms with Crippen LogP contribution in [0.5, 0.6) is 5.75 Å². The zero-order chi connectivity index (χ0) is 33.1. The minimum Gasteiger partial charge on any atom is -0.506 e. The number of phenols is 1. The Bertz CT molecular complexity index is 1720. The number of carbonyl (C=O) groups excluding carboxylic acids is 3. The summed E-state index contributed by atoms with van der Waals surface area (Å²) in [5.74, 6) is -2.17. The van der Waals surface area contributed by atoms with Gasteiger partial charge in [-0.15, -0.1) is 0 Å². The van der Waals surface area contributed by atoms with E-state index >= 15 is 4.39 Å². The van der Waals surface area contributed by atoms with Gasteiger partial charge in [0.05, 0.1) is 28.5 Å². The third-order valence-corrected chi connectivity index (χ3v) is 13.1. The molecule has 2 N–H and O–H groups in total. The largest absolute Gasteiger partial charge is 0.506 e. The van der Waals surface area contributed by atoms with E-state index in [1.807, 2.05) is 6.07 Å². The molecule has 7 unspecified atom stereocenters. The number of carbonyl (C=O) groups is 3. The number of hydrogen-bond acceptors (Lipinski definition) is 9. The molecule has 4 aliphatic carbocycles. The second-order valence-corrected chi connectivity index (χ2v) is 15.5. The first kappa shape index (κ1) is 32.8. The van der Waals surface area contributed by atoms with Gasteiger partial charge in [0.25, 0.3) is 0 Å². The lowest BCUT2D eigenvalue weighted by Gasteiger charge is -2.62. The van der Waals surface area contributed by atoms with Crippen molar-refractivity contribution in [2.45, 2.75) is 73.1 Å². The minimum atomic E-state index is -2.09. The lowest BCUT2D eigenvalue weighted by Crippen LogP contribution is -2.69. The summed E-state index contributed by atoms with van der Waals surface area (Å²) in [5.41, 5.74) is -5.21. The summed E-state index contributed by atoms with van der Waals surface area (Å²) in [7, 11) is 0. The van der Waals surface area contributed by atoms with Crippen molar-refractivity contribution in [2.24, 2.45) is 22.7 Å². The van der Waals surface area contributed by atoms with E-state index in [1.165, 1.54) is 23.9 Å². The Balaban J connectivity index is 1.31. The molecule has 11 heteroatoms. The average Bonchev–Trinajstić information content (AvgIpc) is 3.31. The summed E-state index contributed by atoms with van der Waals surface area (Å²) >= 11 is 8.04. The summed E-state index contributed by atoms with van der Waals surface area (Å²) in [4.78, 5) is 41.5. The number of halogens is 2. The maximum absolute atomic E-state index is 17.6. The number of aliphatic hydroxyl groups excluding tert-OH is 1. The van der Waals surface area contributed by atoms with E-state index in [2.05, 4.69) is 0 Å². The fourth-order valence-electron chi connectivity index (χ4n) is 8.53. The Labute approximate surface area is 280 Å². The summed E-state index contributed by atoms with van der Waals surface area (Å²) in [6.07, 6.45) is 4.17. The van der Waals surface area contributed by atoms with Gasteiger partial charge in [-0.1, -0.05) is 53.7 Å². The first-order chi connectivity index (χ1) is 21.8. The topological polar surface area (TPSA) is 125 Å². The lowest BCUT2D eigenvalue weighted by molar-refractivity contribution is -0.214. The number of ether oxygens (including phenoxy) is 1. The SMILES string of the molecule is CC12C=CC(=O)C=C1CCC1C3CCC(OC(=O)c4ccc(Sc5ccc(Cl)c(O)c5)cc4)(C(=O)SCC#N)C3(C)CC(O)C12F. The molecule has 3 fully saturated rings. The van der Waals surface area contributed by atoms with Crippen LogP contribution in [0.2, 0.25) is 5.02 Å². The van der Waals surface area contributed by atoms with Gasteiger partial charge in [-0.05, 0) is 99.6 Å². The molecule has 46 heavy (non-hydrogen) atoms. The van der Waals surface area contributed by atoms with Gasteiger partial charge in [-0.2, -0.15) is 5.26 Å². The summed E-state index contributed by atoms with van der Waals surface area (Å²) < 4.78 is 23.8. The van der Waals surface area contributed by atoms with Gasteiger partial charge >= 0.3 is 5.97 Å². The highest BCUT2D eigenvalue weighted by Crippen LogP contribution is 2.70. The van der Waals surface area contributed by atoms with Crippen LogP contribution in [0.25, 0.3) is 0 Å². The normalized spacial score (nSPS) is 34.5. The van der Waals surface area contributed by atoms with Crippen LogP contribution < -0.4 is 0 Å². The molecule has 2 aromatic carbocycles. The predicted octanol–water partition coefficient (Wildman–Crippen LogP) is 7.25. The van der Waals surface area contributed by atoms with Gasteiger partial charge in [0.2, 0.25) is 5.12 Å². The van der Waals surface area contributed by atoms with E-state index in [9.17, 15) is 29.9 Å². The van der Waals surface area contributed by atoms with Crippen LogP contribution in [0.1, 0.15) is 56.3 Å². The van der Waals surface area contributed by atoms with E-state index in [0.717, 1.165) is 21.6 Å². The van der Waals surface area contributed by atoms with Crippen LogP contribution in [0.3, 0.4) is 0 Å². The third kappa shape index (κ3) is 4.93. The molecule has 7 atom stereocenters. The number of esters is 1. The van der Waals surface area contributed by atoms with Crippen LogP contribution >= 0.6 is 35.1 Å². The van der Waals surface area contributed by atoms with E-state index < -0.39 is 51.1 Å². The molecule has 0 aromatic heterocycles. The zero-order valence-corrected chi connectivity index (χ0v) is 27.7. The maximum atomic E-state index is 17.6. The molecule has 0 amide bonds. The lowest BCUT2D eigenvalue weighted by atomic mass is 9.45. The number of phenolic OH excluding ortho intramolecular Hbond substituents is 1. The molecule has 0 heterocycles. The number of benzene rings is 2. The summed E-state index contributed by atoms with van der Waals surface area (Å²) in [6.45, 7) is 3.54. The summed E-state index contributed by atoms with van der Waals surface area (Å²) in [5, 5.41) is 30.7. The number of allylic oxidation sites excluding steroid dienone is 4. The number of alkyl halides is 1. The minimum absolute atomic E-state index is 0.0400. The number of nitrogens with zero attached hydrogens (tertiary/aromatic N) is 1. The van der Waals surface area contributed by atoms with Crippen molar-refractivity contribution in [2.75, 3.05) is 5.75 Å². The highest BCUT2D eigenvalue weighted by atomic mass is 35.5. The number of nitriles is 1. The zero-order valence-electron chi connectivity index (χ0n) is 25.3. The molecule has 240 valence electrons. The van der Waals surface area contributed by atoms with Gasteiger partial charge < -0.3 is 14.9 Å². The highest BCUT2D eigenvalue weighted by molar-refractivity contribution is 8.14. The molecule has 2 aromatic rings. The predicted molar refractivity (Wildman–Crippen MR) is 173 cm³/mol. The first-order valence-electron chi connectivity index (χ1n) is 15.1. The average molecular weight is 682 g/mol. The van der Waals surface area contributed by atoms with Crippen molar-refractivity contribution < 1.29 is 33.7 Å². The molecule has 4 aliphatic rings. The molecule has 0 saturated heterocycles. The fourth-order valence-corrected chi connectivity index (χ4v) is 10.3. The number of aliphatic hydroxyl groups is 1. The highest BCUT2D eigenvalue weighted by Gasteiger charge is 2.75. The third-order valence-electron chi connectivity index (χ3n) is 10.9. The molecule has 6 rings (SSSR count). The van der Waals surface area contributed by atoms with Crippen molar-refractivity contribution in [3.05, 3.63) is 76.9 Å². The maximum Gasteiger partial charge on any atom is 0.339 e. The van der Waals surface area contributed by atoms with Crippen LogP contribution in [0.4, 0.5) is 4.39 Å². The quantitative estimate of drug-likeness (QED) is 0.304. The van der Waals surface area contributed by atoms with Gasteiger partial charge in [0, 0.05) is 26.5 Å².